The molecule has 2 rings (SSSR count). The largest absolute Gasteiger partial charge is 0.493 e. The van der Waals surface area contributed by atoms with E-state index in [1.165, 1.54) is 10.5 Å². The van der Waals surface area contributed by atoms with Gasteiger partial charge in [0, 0.05) is 26.2 Å². The summed E-state index contributed by atoms with van der Waals surface area (Å²) in [6.07, 6.45) is 0.874. The Morgan fingerprint density at radius 1 is 1.14 bits per heavy atom. The molecule has 0 heterocycles. The zero-order chi connectivity index (χ0) is 15.9. The number of rotatable bonds is 5. The van der Waals surface area contributed by atoms with E-state index in [0.717, 1.165) is 23.4 Å². The van der Waals surface area contributed by atoms with Crippen molar-refractivity contribution in [2.24, 2.45) is 0 Å². The zero-order valence-electron chi connectivity index (χ0n) is 13.3. The summed E-state index contributed by atoms with van der Waals surface area (Å²) < 4.78 is 5.83. The van der Waals surface area contributed by atoms with Gasteiger partial charge in [-0.25, -0.2) is 4.79 Å². The minimum absolute atomic E-state index is 0.142. The van der Waals surface area contributed by atoms with Crippen molar-refractivity contribution in [1.82, 2.24) is 4.90 Å². The van der Waals surface area contributed by atoms with Crippen molar-refractivity contribution in [1.29, 1.82) is 0 Å². The summed E-state index contributed by atoms with van der Waals surface area (Å²) in [6, 6.07) is 15.8. The molecule has 4 nitrogen and oxygen atoms in total. The number of urea groups is 1. The number of benzene rings is 2. The summed E-state index contributed by atoms with van der Waals surface area (Å²) in [5.41, 5.74) is 3.03. The Balaban J connectivity index is 1.91. The molecule has 2 amide bonds. The van der Waals surface area contributed by atoms with E-state index < -0.39 is 0 Å². The molecule has 0 aromatic heterocycles. The molecule has 0 radical (unpaired) electrons. The maximum absolute atomic E-state index is 11.6. The van der Waals surface area contributed by atoms with Crippen LogP contribution in [0.4, 0.5) is 10.5 Å². The van der Waals surface area contributed by atoms with Crippen LogP contribution in [-0.2, 0) is 6.42 Å². The Hall–Kier alpha value is -2.49. The van der Waals surface area contributed by atoms with Crippen LogP contribution in [-0.4, -0.2) is 31.6 Å². The van der Waals surface area contributed by atoms with E-state index in [2.05, 4.69) is 17.4 Å². The molecule has 0 aliphatic rings. The van der Waals surface area contributed by atoms with Crippen molar-refractivity contribution in [3.63, 3.8) is 0 Å². The van der Waals surface area contributed by atoms with Gasteiger partial charge in [0.1, 0.15) is 5.75 Å². The highest BCUT2D eigenvalue weighted by Gasteiger charge is 2.06. The average Bonchev–Trinajstić information content (AvgIpc) is 2.50. The lowest BCUT2D eigenvalue weighted by Gasteiger charge is -2.14. The molecule has 0 fully saturated rings. The Bertz CT molecular complexity index is 624. The summed E-state index contributed by atoms with van der Waals surface area (Å²) >= 11 is 0. The predicted octanol–water partition coefficient (Wildman–Crippen LogP) is 3.71. The number of ether oxygens (including phenoxy) is 1. The van der Waals surface area contributed by atoms with Gasteiger partial charge in [-0.2, -0.15) is 0 Å². The molecule has 0 saturated carbocycles. The molecule has 0 bridgehead atoms. The van der Waals surface area contributed by atoms with Gasteiger partial charge in [0.25, 0.3) is 0 Å². The van der Waals surface area contributed by atoms with Crippen LogP contribution in [0, 0.1) is 6.92 Å². The summed E-state index contributed by atoms with van der Waals surface area (Å²) in [5.74, 6) is 0.846. The number of amides is 2. The van der Waals surface area contributed by atoms with Crippen molar-refractivity contribution >= 4 is 11.7 Å². The van der Waals surface area contributed by atoms with Crippen molar-refractivity contribution in [2.75, 3.05) is 26.0 Å². The lowest BCUT2D eigenvalue weighted by molar-refractivity contribution is 0.230. The summed E-state index contributed by atoms with van der Waals surface area (Å²) in [5, 5.41) is 2.82. The first-order chi connectivity index (χ1) is 10.6. The van der Waals surface area contributed by atoms with Crippen molar-refractivity contribution in [3.05, 3.63) is 59.7 Å². The molecule has 0 spiro atoms. The third kappa shape index (κ3) is 4.52. The number of aryl methyl sites for hydroxylation is 1. The summed E-state index contributed by atoms with van der Waals surface area (Å²) in [6.45, 7) is 2.61. The lowest BCUT2D eigenvalue weighted by atomic mass is 10.1. The Morgan fingerprint density at radius 2 is 1.86 bits per heavy atom. The minimum Gasteiger partial charge on any atom is -0.493 e. The number of carbonyl (C=O) groups is 1. The van der Waals surface area contributed by atoms with Crippen LogP contribution in [0.3, 0.4) is 0 Å². The number of carbonyl (C=O) groups excluding carboxylic acids is 1. The van der Waals surface area contributed by atoms with Crippen LogP contribution < -0.4 is 10.1 Å². The van der Waals surface area contributed by atoms with Gasteiger partial charge >= 0.3 is 6.03 Å². The SMILES string of the molecule is Cc1cc(NC(=O)N(C)C)ccc1OCCc1ccccc1. The monoisotopic (exact) mass is 298 g/mol. The highest BCUT2D eigenvalue weighted by atomic mass is 16.5. The van der Waals surface area contributed by atoms with Crippen LogP contribution >= 0.6 is 0 Å². The quantitative estimate of drug-likeness (QED) is 0.914. The number of nitrogens with zero attached hydrogens (tertiary/aromatic N) is 1. The molecule has 0 aliphatic carbocycles. The molecule has 2 aromatic rings. The topological polar surface area (TPSA) is 41.6 Å². The average molecular weight is 298 g/mol. The fourth-order valence-electron chi connectivity index (χ4n) is 2.05. The van der Waals surface area contributed by atoms with E-state index in [1.807, 2.05) is 43.3 Å². The van der Waals surface area contributed by atoms with Crippen LogP contribution in [0.2, 0.25) is 0 Å². The molecule has 2 aromatic carbocycles. The number of nitrogens with one attached hydrogen (secondary N) is 1. The third-order valence-corrected chi connectivity index (χ3v) is 3.32. The molecular weight excluding hydrogens is 276 g/mol. The van der Waals surface area contributed by atoms with E-state index >= 15 is 0 Å². The smallest absolute Gasteiger partial charge is 0.321 e. The zero-order valence-corrected chi connectivity index (χ0v) is 13.3. The van der Waals surface area contributed by atoms with Gasteiger partial charge in [0.2, 0.25) is 0 Å². The third-order valence-electron chi connectivity index (χ3n) is 3.32. The normalized spacial score (nSPS) is 10.1. The van der Waals surface area contributed by atoms with Crippen LogP contribution in [0.5, 0.6) is 5.75 Å². The van der Waals surface area contributed by atoms with E-state index in [-0.39, 0.29) is 6.03 Å². The van der Waals surface area contributed by atoms with E-state index in [4.69, 9.17) is 4.74 Å². The molecule has 0 atom stereocenters. The maximum Gasteiger partial charge on any atom is 0.321 e. The van der Waals surface area contributed by atoms with Crippen LogP contribution in [0.1, 0.15) is 11.1 Å². The second-order valence-corrected chi connectivity index (χ2v) is 5.39. The Kier molecular flexibility index (Phi) is 5.42. The van der Waals surface area contributed by atoms with Crippen molar-refractivity contribution in [3.8, 4) is 5.75 Å². The fraction of sp³-hybridized carbons (Fsp3) is 0.278. The first-order valence-electron chi connectivity index (χ1n) is 7.32. The van der Waals surface area contributed by atoms with E-state index in [1.54, 1.807) is 14.1 Å². The van der Waals surface area contributed by atoms with E-state index in [0.29, 0.717) is 6.61 Å². The molecule has 0 unspecified atom stereocenters. The van der Waals surface area contributed by atoms with Gasteiger partial charge in [-0.15, -0.1) is 0 Å². The van der Waals surface area contributed by atoms with Gasteiger partial charge in [0.05, 0.1) is 6.61 Å². The number of hydrogen-bond donors (Lipinski definition) is 1. The highest BCUT2D eigenvalue weighted by Crippen LogP contribution is 2.22. The second kappa shape index (κ2) is 7.50. The lowest BCUT2D eigenvalue weighted by Crippen LogP contribution is -2.27. The van der Waals surface area contributed by atoms with Gasteiger partial charge in [-0.05, 0) is 36.2 Å². The van der Waals surface area contributed by atoms with Crippen molar-refractivity contribution in [2.45, 2.75) is 13.3 Å². The highest BCUT2D eigenvalue weighted by molar-refractivity contribution is 5.89. The maximum atomic E-state index is 11.6. The molecule has 4 heteroatoms. The molecular formula is C18H22N2O2. The second-order valence-electron chi connectivity index (χ2n) is 5.39. The van der Waals surface area contributed by atoms with Gasteiger partial charge in [-0.1, -0.05) is 30.3 Å². The Morgan fingerprint density at radius 3 is 2.50 bits per heavy atom. The molecule has 22 heavy (non-hydrogen) atoms. The first-order valence-corrected chi connectivity index (χ1v) is 7.32. The van der Waals surface area contributed by atoms with Crippen LogP contribution in [0.25, 0.3) is 0 Å². The van der Waals surface area contributed by atoms with E-state index in [9.17, 15) is 4.79 Å². The number of anilines is 1. The minimum atomic E-state index is -0.142. The first kappa shape index (κ1) is 15.9. The molecule has 1 N–H and O–H groups in total. The van der Waals surface area contributed by atoms with Crippen molar-refractivity contribution < 1.29 is 9.53 Å². The predicted molar refractivity (Wildman–Crippen MR) is 89.5 cm³/mol. The molecule has 116 valence electrons. The molecule has 0 saturated heterocycles. The Labute approximate surface area is 131 Å². The summed E-state index contributed by atoms with van der Waals surface area (Å²) in [4.78, 5) is 13.1. The standard InChI is InChI=1S/C18H22N2O2/c1-14-13-16(19-18(21)20(2)3)9-10-17(14)22-12-11-15-7-5-4-6-8-15/h4-10,13H,11-12H2,1-3H3,(H,19,21). The van der Waals surface area contributed by atoms with Gasteiger partial charge < -0.3 is 15.0 Å². The van der Waals surface area contributed by atoms with Gasteiger partial charge in [0.15, 0.2) is 0 Å². The van der Waals surface area contributed by atoms with Crippen LogP contribution in [0.15, 0.2) is 48.5 Å². The summed E-state index contributed by atoms with van der Waals surface area (Å²) in [7, 11) is 3.42. The van der Waals surface area contributed by atoms with Gasteiger partial charge in [-0.3, -0.25) is 0 Å². The molecule has 0 aliphatic heterocycles. The fourth-order valence-corrected chi connectivity index (χ4v) is 2.05. The number of hydrogen-bond acceptors (Lipinski definition) is 2.